The third kappa shape index (κ3) is 4.84. The van der Waals surface area contributed by atoms with Crippen LogP contribution < -0.4 is 5.32 Å². The van der Waals surface area contributed by atoms with E-state index in [4.69, 9.17) is 0 Å². The maximum absolute atomic E-state index is 12.3. The van der Waals surface area contributed by atoms with Crippen molar-refractivity contribution >= 4 is 39.2 Å². The van der Waals surface area contributed by atoms with Crippen molar-refractivity contribution in [3.63, 3.8) is 0 Å². The fourth-order valence-electron chi connectivity index (χ4n) is 3.39. The zero-order valence-electron chi connectivity index (χ0n) is 17.1. The Kier molecular flexibility index (Phi) is 6.05. The second-order valence-corrected chi connectivity index (χ2v) is 8.71. The number of benzene rings is 3. The zero-order chi connectivity index (χ0) is 20.9. The summed E-state index contributed by atoms with van der Waals surface area (Å²) >= 11 is 1.51. The zero-order valence-corrected chi connectivity index (χ0v) is 17.9. The molecule has 0 fully saturated rings. The summed E-state index contributed by atoms with van der Waals surface area (Å²) in [6.45, 7) is 4.34. The standard InChI is InChI=1S/C26H24N2OS/c1-18(2)20-13-10-19(11-14-20)12-15-25(29)28-26-27-17-23(30-26)16-22-8-5-7-21-6-3-4-9-24(21)22/h3-15,17-18H,16H2,1-2H3,(H,27,28,29)/b15-12+. The third-order valence-corrected chi connectivity index (χ3v) is 5.97. The average Bonchev–Trinajstić information content (AvgIpc) is 3.19. The Morgan fingerprint density at radius 3 is 2.60 bits per heavy atom. The van der Waals surface area contributed by atoms with Crippen molar-refractivity contribution in [2.45, 2.75) is 26.2 Å². The number of aromatic nitrogens is 1. The molecule has 4 aromatic rings. The summed E-state index contributed by atoms with van der Waals surface area (Å²) < 4.78 is 0. The first-order chi connectivity index (χ1) is 14.6. The maximum atomic E-state index is 12.3. The molecule has 4 heteroatoms. The van der Waals surface area contributed by atoms with Gasteiger partial charge in [0.2, 0.25) is 5.91 Å². The molecule has 1 heterocycles. The molecule has 1 N–H and O–H groups in total. The van der Waals surface area contributed by atoms with Crippen LogP contribution in [0.3, 0.4) is 0 Å². The highest BCUT2D eigenvalue weighted by molar-refractivity contribution is 7.15. The van der Waals surface area contributed by atoms with Gasteiger partial charge in [-0.25, -0.2) is 4.98 Å². The van der Waals surface area contributed by atoms with Crippen LogP contribution >= 0.6 is 11.3 Å². The van der Waals surface area contributed by atoms with Gasteiger partial charge in [-0.05, 0) is 39.5 Å². The molecule has 150 valence electrons. The van der Waals surface area contributed by atoms with Crippen molar-refractivity contribution < 1.29 is 4.79 Å². The topological polar surface area (TPSA) is 42.0 Å². The van der Waals surface area contributed by atoms with Crippen molar-refractivity contribution in [1.29, 1.82) is 0 Å². The molecule has 0 aliphatic heterocycles. The Morgan fingerprint density at radius 1 is 1.03 bits per heavy atom. The highest BCUT2D eigenvalue weighted by Gasteiger charge is 2.07. The van der Waals surface area contributed by atoms with Crippen LogP contribution in [0.2, 0.25) is 0 Å². The summed E-state index contributed by atoms with van der Waals surface area (Å²) in [6, 6.07) is 23.0. The van der Waals surface area contributed by atoms with E-state index < -0.39 is 0 Å². The lowest BCUT2D eigenvalue weighted by Gasteiger charge is -2.04. The lowest BCUT2D eigenvalue weighted by Crippen LogP contribution is -2.07. The Bertz CT molecular complexity index is 1180. The van der Waals surface area contributed by atoms with E-state index in [9.17, 15) is 4.79 Å². The molecule has 0 saturated carbocycles. The van der Waals surface area contributed by atoms with E-state index in [1.807, 2.05) is 24.4 Å². The monoisotopic (exact) mass is 412 g/mol. The van der Waals surface area contributed by atoms with Crippen LogP contribution in [0, 0.1) is 0 Å². The van der Waals surface area contributed by atoms with Gasteiger partial charge in [-0.2, -0.15) is 0 Å². The van der Waals surface area contributed by atoms with Gasteiger partial charge in [0.15, 0.2) is 5.13 Å². The van der Waals surface area contributed by atoms with Gasteiger partial charge in [0.25, 0.3) is 0 Å². The molecule has 0 saturated heterocycles. The first-order valence-corrected chi connectivity index (χ1v) is 10.9. The van der Waals surface area contributed by atoms with Crippen molar-refractivity contribution in [2.75, 3.05) is 5.32 Å². The van der Waals surface area contributed by atoms with E-state index in [2.05, 4.69) is 78.7 Å². The Hall–Kier alpha value is -3.24. The third-order valence-electron chi connectivity index (χ3n) is 5.06. The molecule has 4 rings (SSSR count). The number of nitrogens with zero attached hydrogens (tertiary/aromatic N) is 1. The molecular formula is C26H24N2OS. The minimum Gasteiger partial charge on any atom is -0.298 e. The summed E-state index contributed by atoms with van der Waals surface area (Å²) in [5.41, 5.74) is 3.56. The van der Waals surface area contributed by atoms with Gasteiger partial charge in [0, 0.05) is 23.6 Å². The molecule has 0 radical (unpaired) electrons. The predicted octanol–water partition coefficient (Wildman–Crippen LogP) is 6.66. The summed E-state index contributed by atoms with van der Waals surface area (Å²) in [6.07, 6.45) is 6.02. The van der Waals surface area contributed by atoms with Gasteiger partial charge in [-0.3, -0.25) is 10.1 Å². The largest absolute Gasteiger partial charge is 0.298 e. The van der Waals surface area contributed by atoms with Crippen molar-refractivity contribution in [2.24, 2.45) is 0 Å². The number of hydrogen-bond donors (Lipinski definition) is 1. The Balaban J connectivity index is 1.39. The van der Waals surface area contributed by atoms with E-state index in [1.54, 1.807) is 6.08 Å². The molecule has 1 aromatic heterocycles. The van der Waals surface area contributed by atoms with E-state index in [-0.39, 0.29) is 5.91 Å². The number of nitrogens with one attached hydrogen (secondary N) is 1. The summed E-state index contributed by atoms with van der Waals surface area (Å²) in [5, 5.41) is 5.98. The number of anilines is 1. The fourth-order valence-corrected chi connectivity index (χ4v) is 4.23. The molecule has 0 spiro atoms. The van der Waals surface area contributed by atoms with Gasteiger partial charge in [-0.15, -0.1) is 11.3 Å². The second-order valence-electron chi connectivity index (χ2n) is 7.59. The summed E-state index contributed by atoms with van der Waals surface area (Å²) in [5.74, 6) is 0.327. The number of rotatable bonds is 6. The van der Waals surface area contributed by atoms with Gasteiger partial charge in [0.05, 0.1) is 0 Å². The Morgan fingerprint density at radius 2 is 1.80 bits per heavy atom. The fraction of sp³-hybridized carbons (Fsp3) is 0.154. The number of carbonyl (C=O) groups is 1. The van der Waals surface area contributed by atoms with Gasteiger partial charge in [-0.1, -0.05) is 80.6 Å². The molecule has 0 unspecified atom stereocenters. The second kappa shape index (κ2) is 9.06. The normalized spacial score (nSPS) is 11.4. The number of carbonyl (C=O) groups excluding carboxylic acids is 1. The van der Waals surface area contributed by atoms with Crippen LogP contribution in [0.4, 0.5) is 5.13 Å². The highest BCUT2D eigenvalue weighted by Crippen LogP contribution is 2.25. The van der Waals surface area contributed by atoms with Crippen molar-refractivity contribution in [3.8, 4) is 0 Å². The van der Waals surface area contributed by atoms with E-state index in [1.165, 1.54) is 33.2 Å². The molecule has 0 atom stereocenters. The summed E-state index contributed by atoms with van der Waals surface area (Å²) in [4.78, 5) is 17.8. The molecule has 0 bridgehead atoms. The number of hydrogen-bond acceptors (Lipinski definition) is 3. The maximum Gasteiger partial charge on any atom is 0.250 e. The van der Waals surface area contributed by atoms with E-state index in [0.29, 0.717) is 11.0 Å². The molecular weight excluding hydrogens is 388 g/mol. The number of thiazole rings is 1. The van der Waals surface area contributed by atoms with Crippen molar-refractivity contribution in [3.05, 3.63) is 101 Å². The van der Waals surface area contributed by atoms with Crippen LogP contribution in [0.1, 0.15) is 41.3 Å². The average molecular weight is 413 g/mol. The van der Waals surface area contributed by atoms with E-state index >= 15 is 0 Å². The van der Waals surface area contributed by atoms with Crippen LogP contribution in [0.25, 0.3) is 16.8 Å². The van der Waals surface area contributed by atoms with Gasteiger partial charge in [0.1, 0.15) is 0 Å². The van der Waals surface area contributed by atoms with Gasteiger partial charge >= 0.3 is 0 Å². The number of fused-ring (bicyclic) bond motifs is 1. The smallest absolute Gasteiger partial charge is 0.250 e. The first-order valence-electron chi connectivity index (χ1n) is 10.1. The Labute approximate surface area is 181 Å². The molecule has 0 aliphatic carbocycles. The molecule has 0 aliphatic rings. The summed E-state index contributed by atoms with van der Waals surface area (Å²) in [7, 11) is 0. The van der Waals surface area contributed by atoms with Crippen LogP contribution in [-0.2, 0) is 11.2 Å². The predicted molar refractivity (Wildman–Crippen MR) is 127 cm³/mol. The van der Waals surface area contributed by atoms with E-state index in [0.717, 1.165) is 16.9 Å². The van der Waals surface area contributed by atoms with Crippen LogP contribution in [-0.4, -0.2) is 10.9 Å². The highest BCUT2D eigenvalue weighted by atomic mass is 32.1. The minimum atomic E-state index is -0.172. The minimum absolute atomic E-state index is 0.172. The van der Waals surface area contributed by atoms with Crippen LogP contribution in [0.5, 0.6) is 0 Å². The molecule has 30 heavy (non-hydrogen) atoms. The molecule has 3 aromatic carbocycles. The SMILES string of the molecule is CC(C)c1ccc(/C=C/C(=O)Nc2ncc(Cc3cccc4ccccc34)s2)cc1. The molecule has 1 amide bonds. The quantitative estimate of drug-likeness (QED) is 0.360. The molecule has 3 nitrogen and oxygen atoms in total. The van der Waals surface area contributed by atoms with Crippen LogP contribution in [0.15, 0.2) is 79.0 Å². The van der Waals surface area contributed by atoms with Gasteiger partial charge < -0.3 is 0 Å². The first kappa shape index (κ1) is 20.0. The number of amides is 1. The lowest BCUT2D eigenvalue weighted by atomic mass is 10.0. The lowest BCUT2D eigenvalue weighted by molar-refractivity contribution is -0.111. The van der Waals surface area contributed by atoms with Crippen molar-refractivity contribution in [1.82, 2.24) is 4.98 Å².